The van der Waals surface area contributed by atoms with Crippen LogP contribution in [0.25, 0.3) is 30.9 Å². The highest BCUT2D eigenvalue weighted by molar-refractivity contribution is 7.26. The van der Waals surface area contributed by atoms with Crippen LogP contribution in [0, 0.1) is 0 Å². The third-order valence-electron chi connectivity index (χ3n) is 3.57. The van der Waals surface area contributed by atoms with Crippen LogP contribution in [0.15, 0.2) is 54.6 Å². The van der Waals surface area contributed by atoms with E-state index < -0.39 is 0 Å². The Bertz CT molecular complexity index is 889. The van der Waals surface area contributed by atoms with E-state index in [4.69, 9.17) is 0 Å². The molecule has 1 heterocycles. The van der Waals surface area contributed by atoms with E-state index in [-0.39, 0.29) is 0 Å². The lowest BCUT2D eigenvalue weighted by atomic mass is 9.91. The number of rotatable bonds is 0. The highest BCUT2D eigenvalue weighted by Crippen LogP contribution is 2.35. The molecule has 84 valence electrons. The Morgan fingerprint density at radius 3 is 2.39 bits per heavy atom. The molecule has 0 aliphatic carbocycles. The van der Waals surface area contributed by atoms with Crippen molar-refractivity contribution in [3.63, 3.8) is 0 Å². The molecule has 18 heavy (non-hydrogen) atoms. The molecular formula is C16H11BS. The summed E-state index contributed by atoms with van der Waals surface area (Å²) in [6.07, 6.45) is 0. The molecule has 1 aromatic heterocycles. The van der Waals surface area contributed by atoms with Crippen molar-refractivity contribution in [3.8, 4) is 0 Å². The van der Waals surface area contributed by atoms with Gasteiger partial charge in [-0.2, -0.15) is 0 Å². The fourth-order valence-corrected chi connectivity index (χ4v) is 3.90. The van der Waals surface area contributed by atoms with Gasteiger partial charge in [-0.3, -0.25) is 0 Å². The number of hydrogen-bond acceptors (Lipinski definition) is 1. The van der Waals surface area contributed by atoms with Crippen LogP contribution in [0.4, 0.5) is 0 Å². The minimum Gasteiger partial charge on any atom is -0.135 e. The van der Waals surface area contributed by atoms with Crippen LogP contribution in [0.2, 0.25) is 0 Å². The summed E-state index contributed by atoms with van der Waals surface area (Å²) >= 11 is 1.89. The standard InChI is InChI=1S/C16H11BS/c17-13-6-3-7-14-16(13)12-8-10-4-1-2-5-11(10)9-15(12)18-14/h1-9H,17H2. The minimum absolute atomic E-state index is 1.33. The molecule has 4 aromatic rings. The predicted octanol–water partition coefficient (Wildman–Crippen LogP) is 3.47. The van der Waals surface area contributed by atoms with Crippen LogP contribution >= 0.6 is 11.3 Å². The Hall–Kier alpha value is -1.80. The van der Waals surface area contributed by atoms with Crippen LogP contribution in [-0.4, -0.2) is 7.85 Å². The average molecular weight is 246 g/mol. The van der Waals surface area contributed by atoms with E-state index >= 15 is 0 Å². The van der Waals surface area contributed by atoms with Crippen molar-refractivity contribution in [2.45, 2.75) is 0 Å². The molecule has 0 atom stereocenters. The summed E-state index contributed by atoms with van der Waals surface area (Å²) in [5.41, 5.74) is 1.37. The zero-order chi connectivity index (χ0) is 12.1. The van der Waals surface area contributed by atoms with Gasteiger partial charge in [-0.25, -0.2) is 0 Å². The highest BCUT2D eigenvalue weighted by atomic mass is 32.1. The fourth-order valence-electron chi connectivity index (χ4n) is 2.69. The molecule has 0 N–H and O–H groups in total. The van der Waals surface area contributed by atoms with E-state index in [0.29, 0.717) is 0 Å². The monoisotopic (exact) mass is 246 g/mol. The van der Waals surface area contributed by atoms with Gasteiger partial charge in [0.2, 0.25) is 0 Å². The molecule has 0 radical (unpaired) electrons. The molecule has 4 rings (SSSR count). The van der Waals surface area contributed by atoms with Crippen LogP contribution < -0.4 is 5.46 Å². The summed E-state index contributed by atoms with van der Waals surface area (Å²) in [4.78, 5) is 0. The third kappa shape index (κ3) is 1.33. The Kier molecular flexibility index (Phi) is 2.03. The summed E-state index contributed by atoms with van der Waals surface area (Å²) in [6.45, 7) is 0. The highest BCUT2D eigenvalue weighted by Gasteiger charge is 2.07. The number of hydrogen-bond donors (Lipinski definition) is 0. The number of thiophene rings is 1. The lowest BCUT2D eigenvalue weighted by Gasteiger charge is -1.99. The molecule has 2 heteroatoms. The van der Waals surface area contributed by atoms with Gasteiger partial charge in [0.05, 0.1) is 0 Å². The van der Waals surface area contributed by atoms with Gasteiger partial charge in [0.15, 0.2) is 0 Å². The van der Waals surface area contributed by atoms with Crippen LogP contribution in [0.3, 0.4) is 0 Å². The molecule has 0 amide bonds. The second kappa shape index (κ2) is 3.60. The molecular weight excluding hydrogens is 235 g/mol. The zero-order valence-corrected chi connectivity index (χ0v) is 10.9. The van der Waals surface area contributed by atoms with Gasteiger partial charge in [0.1, 0.15) is 7.85 Å². The van der Waals surface area contributed by atoms with E-state index in [0.717, 1.165) is 0 Å². The van der Waals surface area contributed by atoms with Crippen molar-refractivity contribution in [1.29, 1.82) is 0 Å². The summed E-state index contributed by atoms with van der Waals surface area (Å²) in [6, 6.07) is 19.8. The van der Waals surface area contributed by atoms with Crippen LogP contribution in [0.5, 0.6) is 0 Å². The average Bonchev–Trinajstić information content (AvgIpc) is 2.74. The maximum absolute atomic E-state index is 2.33. The van der Waals surface area contributed by atoms with Gasteiger partial charge < -0.3 is 0 Å². The molecule has 3 aromatic carbocycles. The van der Waals surface area contributed by atoms with Crippen molar-refractivity contribution in [1.82, 2.24) is 0 Å². The summed E-state index contributed by atoms with van der Waals surface area (Å²) in [5, 5.41) is 5.47. The Morgan fingerprint density at radius 1 is 0.778 bits per heavy atom. The fraction of sp³-hybridized carbons (Fsp3) is 0. The summed E-state index contributed by atoms with van der Waals surface area (Å²) in [7, 11) is 2.20. The lowest BCUT2D eigenvalue weighted by molar-refractivity contribution is 1.82. The van der Waals surface area contributed by atoms with Gasteiger partial charge in [0, 0.05) is 14.8 Å². The first-order valence-corrected chi connectivity index (χ1v) is 6.95. The van der Waals surface area contributed by atoms with E-state index in [9.17, 15) is 0 Å². The quantitative estimate of drug-likeness (QED) is 0.417. The third-order valence-corrected chi connectivity index (χ3v) is 4.69. The second-order valence-corrected chi connectivity index (χ2v) is 5.83. The van der Waals surface area contributed by atoms with E-state index in [1.54, 1.807) is 0 Å². The van der Waals surface area contributed by atoms with Crippen molar-refractivity contribution in [2.24, 2.45) is 0 Å². The molecule has 0 unspecified atom stereocenters. The molecule has 0 aliphatic rings. The maximum Gasteiger partial charge on any atom is 0.140 e. The summed E-state index contributed by atoms with van der Waals surface area (Å²) in [5.74, 6) is 0. The van der Waals surface area contributed by atoms with E-state index in [2.05, 4.69) is 62.4 Å². The van der Waals surface area contributed by atoms with Gasteiger partial charge >= 0.3 is 0 Å². The lowest BCUT2D eigenvalue weighted by Crippen LogP contribution is -2.00. The predicted molar refractivity (Wildman–Crippen MR) is 85.0 cm³/mol. The summed E-state index contributed by atoms with van der Waals surface area (Å²) < 4.78 is 2.78. The zero-order valence-electron chi connectivity index (χ0n) is 10.1. The Morgan fingerprint density at radius 2 is 1.56 bits per heavy atom. The van der Waals surface area contributed by atoms with E-state index in [1.165, 1.54) is 36.4 Å². The van der Waals surface area contributed by atoms with Crippen molar-refractivity contribution in [2.75, 3.05) is 0 Å². The molecule has 0 spiro atoms. The number of benzene rings is 3. The topological polar surface area (TPSA) is 0 Å². The SMILES string of the molecule is Bc1cccc2sc3cc4ccccc4cc3c12. The van der Waals surface area contributed by atoms with Gasteiger partial charge in [-0.15, -0.1) is 11.3 Å². The van der Waals surface area contributed by atoms with Gasteiger partial charge in [0.25, 0.3) is 0 Å². The first kappa shape index (κ1) is 10.2. The largest absolute Gasteiger partial charge is 0.140 e. The van der Waals surface area contributed by atoms with Crippen molar-refractivity contribution < 1.29 is 0 Å². The first-order chi connectivity index (χ1) is 8.83. The van der Waals surface area contributed by atoms with Crippen molar-refractivity contribution >= 4 is 55.6 Å². The van der Waals surface area contributed by atoms with Crippen LogP contribution in [0.1, 0.15) is 0 Å². The molecule has 0 fully saturated rings. The second-order valence-electron chi connectivity index (χ2n) is 4.75. The minimum atomic E-state index is 1.33. The van der Waals surface area contributed by atoms with Gasteiger partial charge in [-0.1, -0.05) is 41.9 Å². The van der Waals surface area contributed by atoms with Crippen LogP contribution in [-0.2, 0) is 0 Å². The molecule has 0 nitrogen and oxygen atoms in total. The molecule has 0 aliphatic heterocycles. The van der Waals surface area contributed by atoms with Crippen molar-refractivity contribution in [3.05, 3.63) is 54.6 Å². The maximum atomic E-state index is 2.33. The number of fused-ring (bicyclic) bond motifs is 4. The molecule has 0 saturated carbocycles. The normalized spacial score (nSPS) is 11.6. The Labute approximate surface area is 110 Å². The molecule has 0 saturated heterocycles. The smallest absolute Gasteiger partial charge is 0.135 e. The van der Waals surface area contributed by atoms with E-state index in [1.807, 2.05) is 11.3 Å². The molecule has 0 bridgehead atoms. The first-order valence-electron chi connectivity index (χ1n) is 6.13. The Balaban J connectivity index is 2.29. The van der Waals surface area contributed by atoms with Gasteiger partial charge in [-0.05, 0) is 34.4 Å².